The highest BCUT2D eigenvalue weighted by Crippen LogP contribution is 2.35. The fourth-order valence-corrected chi connectivity index (χ4v) is 7.88. The number of nitrogens with zero attached hydrogens (tertiary/aromatic N) is 2. The topological polar surface area (TPSA) is 119 Å². The van der Waals surface area contributed by atoms with Crippen LogP contribution in [0.3, 0.4) is 0 Å². The lowest BCUT2D eigenvalue weighted by Crippen LogP contribution is -2.28. The second kappa shape index (κ2) is 11.0. The van der Waals surface area contributed by atoms with Gasteiger partial charge < -0.3 is 14.9 Å². The second-order valence-corrected chi connectivity index (χ2v) is 13.7. The number of rotatable bonds is 9. The van der Waals surface area contributed by atoms with Gasteiger partial charge in [-0.3, -0.25) is 10.1 Å². The summed E-state index contributed by atoms with van der Waals surface area (Å²) in [6.45, 7) is 3.05. The number of oxime groups is 1. The number of sulfone groups is 1. The van der Waals surface area contributed by atoms with Gasteiger partial charge in [-0.2, -0.15) is 0 Å². The number of anilines is 1. The zero-order valence-electron chi connectivity index (χ0n) is 19.1. The van der Waals surface area contributed by atoms with E-state index < -0.39 is 15.7 Å². The van der Waals surface area contributed by atoms with Crippen molar-refractivity contribution in [2.75, 3.05) is 31.6 Å². The number of piperidine rings is 1. The van der Waals surface area contributed by atoms with Crippen LogP contribution in [0, 0.1) is 0 Å². The predicted molar refractivity (Wildman–Crippen MR) is 136 cm³/mol. The van der Waals surface area contributed by atoms with Gasteiger partial charge in [0.1, 0.15) is 0 Å². The Balaban J connectivity index is 1.31. The largest absolute Gasteiger partial charge is 0.389 e. The third-order valence-corrected chi connectivity index (χ3v) is 10.8. The number of amides is 1. The molecule has 1 atom stereocenters. The lowest BCUT2D eigenvalue weighted by atomic mass is 10.1. The number of hydrogen-bond acceptors (Lipinski definition) is 10. The molecule has 2 N–H and O–H groups in total. The number of thiazole rings is 1. The average Bonchev–Trinajstić information content (AvgIpc) is 3.45. The molecule has 35 heavy (non-hydrogen) atoms. The van der Waals surface area contributed by atoms with Crippen LogP contribution < -0.4 is 10.6 Å². The molecule has 0 unspecified atom stereocenters. The van der Waals surface area contributed by atoms with E-state index in [0.717, 1.165) is 30.1 Å². The third kappa shape index (κ3) is 6.23. The molecular weight excluding hydrogens is 508 g/mol. The second-order valence-electron chi connectivity index (χ2n) is 8.81. The van der Waals surface area contributed by atoms with E-state index in [4.69, 9.17) is 9.57 Å². The van der Waals surface area contributed by atoms with Gasteiger partial charge in [-0.25, -0.2) is 13.4 Å². The van der Waals surface area contributed by atoms with Crippen molar-refractivity contribution in [1.29, 1.82) is 0 Å². The summed E-state index contributed by atoms with van der Waals surface area (Å²) in [6, 6.07) is 6.26. The highest BCUT2D eigenvalue weighted by atomic mass is 32.2. The highest BCUT2D eigenvalue weighted by Gasteiger charge is 2.36. The summed E-state index contributed by atoms with van der Waals surface area (Å²) in [7, 11) is -3.31. The number of carbonyl (C=O) groups excluding carboxylic acids is 1. The van der Waals surface area contributed by atoms with Crippen LogP contribution >= 0.6 is 23.1 Å². The molecule has 0 spiro atoms. The minimum Gasteiger partial charge on any atom is -0.389 e. The van der Waals surface area contributed by atoms with E-state index >= 15 is 0 Å². The van der Waals surface area contributed by atoms with Crippen LogP contribution in [0.1, 0.15) is 37.7 Å². The Labute approximate surface area is 213 Å². The minimum atomic E-state index is -3.31. The molecule has 3 heterocycles. The van der Waals surface area contributed by atoms with E-state index in [-0.39, 0.29) is 22.0 Å². The molecule has 2 aliphatic heterocycles. The summed E-state index contributed by atoms with van der Waals surface area (Å²) in [5, 5.41) is 11.1. The normalized spacial score (nSPS) is 21.7. The van der Waals surface area contributed by atoms with Crippen LogP contribution in [0.2, 0.25) is 0 Å². The smallest absolute Gasteiger partial charge is 0.280 e. The maximum atomic E-state index is 13.2. The number of nitrogens with one attached hydrogen (secondary N) is 2. The molecule has 1 aromatic heterocycles. The van der Waals surface area contributed by atoms with E-state index in [1.807, 2.05) is 0 Å². The van der Waals surface area contributed by atoms with Crippen LogP contribution in [0.15, 0.2) is 44.7 Å². The Morgan fingerprint density at radius 3 is 2.63 bits per heavy atom. The molecule has 1 saturated carbocycles. The van der Waals surface area contributed by atoms with Gasteiger partial charge in [0.05, 0.1) is 33.8 Å². The summed E-state index contributed by atoms with van der Waals surface area (Å²) >= 11 is 3.23. The Morgan fingerprint density at radius 2 is 1.94 bits per heavy atom. The van der Waals surface area contributed by atoms with E-state index in [9.17, 15) is 13.2 Å². The van der Waals surface area contributed by atoms with Crippen LogP contribution in [-0.4, -0.2) is 67.9 Å². The Morgan fingerprint density at radius 1 is 1.17 bits per heavy atom. The molecule has 12 heteroatoms. The molecule has 0 radical (unpaired) electrons. The lowest BCUT2D eigenvalue weighted by Gasteiger charge is -2.20. The van der Waals surface area contributed by atoms with Gasteiger partial charge in [0.2, 0.25) is 0 Å². The standard InChI is InChI=1S/C23H28N4O5S3/c28-22(26-23-25-13-20(34-23)33-17-7-10-24-11-8-17)21(27-32-16-9-12-31-14-16)15-1-3-18(4-2-15)35(29,30)19-5-6-19/h1-4,13,16-17,19,24H,5-12,14H2,(H,25,26,28)/b27-21+/t16-/m1/s1. The molecule has 3 fully saturated rings. The third-order valence-electron chi connectivity index (χ3n) is 6.09. The molecule has 2 saturated heterocycles. The first-order chi connectivity index (χ1) is 17.0. The summed E-state index contributed by atoms with van der Waals surface area (Å²) in [5.41, 5.74) is 0.534. The Kier molecular flexibility index (Phi) is 7.73. The number of thioether (sulfide) groups is 1. The zero-order valence-corrected chi connectivity index (χ0v) is 21.6. The van der Waals surface area contributed by atoms with Crippen LogP contribution in [0.25, 0.3) is 0 Å². The van der Waals surface area contributed by atoms with E-state index in [1.54, 1.807) is 30.1 Å². The first-order valence-electron chi connectivity index (χ1n) is 11.8. The van der Waals surface area contributed by atoms with E-state index in [0.29, 0.717) is 48.4 Å². The molecule has 9 nitrogen and oxygen atoms in total. The predicted octanol–water partition coefficient (Wildman–Crippen LogP) is 3.07. The van der Waals surface area contributed by atoms with E-state index in [1.165, 1.54) is 23.5 Å². The molecule has 0 bridgehead atoms. The van der Waals surface area contributed by atoms with Crippen molar-refractivity contribution in [2.24, 2.45) is 5.16 Å². The van der Waals surface area contributed by atoms with Gasteiger partial charge in [0, 0.05) is 17.2 Å². The zero-order chi connectivity index (χ0) is 24.3. The number of hydrogen-bond donors (Lipinski definition) is 2. The van der Waals surface area contributed by atoms with Crippen molar-refractivity contribution in [3.63, 3.8) is 0 Å². The summed E-state index contributed by atoms with van der Waals surface area (Å²) in [4.78, 5) is 23.4. The first-order valence-corrected chi connectivity index (χ1v) is 15.0. The van der Waals surface area contributed by atoms with Gasteiger partial charge in [0.15, 0.2) is 26.8 Å². The summed E-state index contributed by atoms with van der Waals surface area (Å²) < 4.78 is 31.4. The lowest BCUT2D eigenvalue weighted by molar-refractivity contribution is -0.110. The van der Waals surface area contributed by atoms with Gasteiger partial charge in [-0.1, -0.05) is 28.6 Å². The van der Waals surface area contributed by atoms with Gasteiger partial charge in [0.25, 0.3) is 5.91 Å². The molecular formula is C23H28N4O5S3. The van der Waals surface area contributed by atoms with E-state index in [2.05, 4.69) is 20.8 Å². The van der Waals surface area contributed by atoms with Crippen LogP contribution in [-0.2, 0) is 24.2 Å². The van der Waals surface area contributed by atoms with Gasteiger partial charge in [-0.15, -0.1) is 11.8 Å². The monoisotopic (exact) mass is 536 g/mol. The molecule has 188 valence electrons. The number of benzene rings is 1. The number of carbonyl (C=O) groups is 1. The highest BCUT2D eigenvalue weighted by molar-refractivity contribution is 8.01. The van der Waals surface area contributed by atoms with Crippen molar-refractivity contribution in [3.05, 3.63) is 36.0 Å². The molecule has 1 aliphatic carbocycles. The van der Waals surface area contributed by atoms with Crippen LogP contribution in [0.4, 0.5) is 5.13 Å². The maximum absolute atomic E-state index is 13.2. The van der Waals surface area contributed by atoms with Crippen molar-refractivity contribution >= 4 is 49.7 Å². The Hall–Kier alpha value is -1.99. The molecule has 1 amide bonds. The molecule has 3 aliphatic rings. The molecule has 5 rings (SSSR count). The SMILES string of the molecule is O=C(Nc1ncc(SC2CCNCC2)s1)/C(=N/O[C@@H]1CCOC1)c1ccc(S(=O)(=O)C2CC2)cc1. The van der Waals surface area contributed by atoms with Crippen molar-refractivity contribution < 1.29 is 22.8 Å². The minimum absolute atomic E-state index is 0.0648. The maximum Gasteiger partial charge on any atom is 0.280 e. The fraction of sp³-hybridized carbons (Fsp3) is 0.522. The fourth-order valence-electron chi connectivity index (χ4n) is 3.93. The van der Waals surface area contributed by atoms with Gasteiger partial charge in [-0.05, 0) is 50.9 Å². The van der Waals surface area contributed by atoms with Crippen LogP contribution in [0.5, 0.6) is 0 Å². The average molecular weight is 537 g/mol. The van der Waals surface area contributed by atoms with Gasteiger partial charge >= 0.3 is 0 Å². The first kappa shape index (κ1) is 24.7. The summed E-state index contributed by atoms with van der Waals surface area (Å²) in [6.07, 6.45) is 5.87. The van der Waals surface area contributed by atoms with Crippen molar-refractivity contribution in [1.82, 2.24) is 10.3 Å². The summed E-state index contributed by atoms with van der Waals surface area (Å²) in [5.74, 6) is -0.463. The quantitative estimate of drug-likeness (QED) is 0.371. The Bertz CT molecular complexity index is 1170. The van der Waals surface area contributed by atoms with Crippen molar-refractivity contribution in [3.8, 4) is 0 Å². The number of ether oxygens (including phenoxy) is 1. The molecule has 1 aromatic carbocycles. The number of aromatic nitrogens is 1. The molecule has 2 aromatic rings. The van der Waals surface area contributed by atoms with Crippen molar-refractivity contribution in [2.45, 2.75) is 57.8 Å².